The van der Waals surface area contributed by atoms with Crippen molar-refractivity contribution in [2.75, 3.05) is 10.6 Å². The van der Waals surface area contributed by atoms with Gasteiger partial charge in [-0.3, -0.25) is 4.79 Å². The molecule has 1 aliphatic rings. The Bertz CT molecular complexity index is 638. The number of carbonyl (C=O) groups excluding carboxylic acids is 1. The highest BCUT2D eigenvalue weighted by Crippen LogP contribution is 2.44. The van der Waals surface area contributed by atoms with Gasteiger partial charge in [0.2, 0.25) is 5.91 Å². The number of thiophene rings is 1. The summed E-state index contributed by atoms with van der Waals surface area (Å²) >= 11 is 8.01. The van der Waals surface area contributed by atoms with Gasteiger partial charge in [-0.05, 0) is 48.4 Å². The van der Waals surface area contributed by atoms with Crippen LogP contribution in [0.15, 0.2) is 35.7 Å². The molecule has 21 heavy (non-hydrogen) atoms. The molecule has 1 fully saturated rings. The van der Waals surface area contributed by atoms with Crippen LogP contribution in [-0.2, 0) is 4.79 Å². The van der Waals surface area contributed by atoms with Crippen molar-refractivity contribution in [1.82, 2.24) is 0 Å². The van der Waals surface area contributed by atoms with Crippen LogP contribution in [0.1, 0.15) is 30.7 Å². The highest BCUT2D eigenvalue weighted by Gasteiger charge is 2.32. The molecule has 1 heterocycles. The number of hydrogen-bond acceptors (Lipinski definition) is 3. The summed E-state index contributed by atoms with van der Waals surface area (Å²) in [4.78, 5) is 12.5. The molecule has 2 aromatic rings. The molecule has 0 radical (unpaired) electrons. The highest BCUT2D eigenvalue weighted by atomic mass is 35.5. The molecular weight excluding hydrogens is 304 g/mol. The van der Waals surface area contributed by atoms with Crippen LogP contribution in [0.25, 0.3) is 0 Å². The van der Waals surface area contributed by atoms with Crippen LogP contribution >= 0.6 is 22.9 Å². The quantitative estimate of drug-likeness (QED) is 0.820. The molecule has 1 saturated carbocycles. The summed E-state index contributed by atoms with van der Waals surface area (Å²) in [5, 5.41) is 8.96. The molecule has 3 rings (SSSR count). The lowest BCUT2D eigenvalue weighted by Crippen LogP contribution is -2.12. The van der Waals surface area contributed by atoms with Crippen LogP contribution in [0.4, 0.5) is 11.4 Å². The minimum absolute atomic E-state index is 0.118. The minimum atomic E-state index is -0.118. The SMILES string of the molecule is CC(=O)Nc1ccc(NC(c2cccs2)C2CC2)cc1Cl. The third-order valence-electron chi connectivity index (χ3n) is 3.55. The first kappa shape index (κ1) is 14.4. The molecule has 1 aliphatic carbocycles. The number of halogens is 1. The molecule has 1 amide bonds. The molecule has 0 bridgehead atoms. The standard InChI is InChI=1S/C16H17ClN2OS/c1-10(20)18-14-7-6-12(9-13(14)17)19-16(11-4-5-11)15-3-2-8-21-15/h2-3,6-9,11,16,19H,4-5H2,1H3,(H,18,20). The van der Waals surface area contributed by atoms with Crippen LogP contribution in [0.3, 0.4) is 0 Å². The van der Waals surface area contributed by atoms with Crippen LogP contribution in [0, 0.1) is 5.92 Å². The topological polar surface area (TPSA) is 41.1 Å². The van der Waals surface area contributed by atoms with E-state index in [4.69, 9.17) is 11.6 Å². The predicted molar refractivity (Wildman–Crippen MR) is 89.2 cm³/mol. The van der Waals surface area contributed by atoms with Crippen LogP contribution < -0.4 is 10.6 Å². The average molecular weight is 321 g/mol. The fourth-order valence-corrected chi connectivity index (χ4v) is 3.49. The first-order valence-electron chi connectivity index (χ1n) is 7.00. The summed E-state index contributed by atoms with van der Waals surface area (Å²) in [6, 6.07) is 10.3. The Morgan fingerprint density at radius 1 is 1.38 bits per heavy atom. The number of hydrogen-bond donors (Lipinski definition) is 2. The van der Waals surface area contributed by atoms with Crippen molar-refractivity contribution in [1.29, 1.82) is 0 Å². The fourth-order valence-electron chi connectivity index (χ4n) is 2.39. The second kappa shape index (κ2) is 6.08. The van der Waals surface area contributed by atoms with Crippen LogP contribution in [0.2, 0.25) is 5.02 Å². The molecule has 0 saturated heterocycles. The van der Waals surface area contributed by atoms with Gasteiger partial charge in [0.1, 0.15) is 0 Å². The molecule has 5 heteroatoms. The minimum Gasteiger partial charge on any atom is -0.377 e. The van der Waals surface area contributed by atoms with E-state index in [2.05, 4.69) is 28.1 Å². The molecular formula is C16H17ClN2OS. The first-order chi connectivity index (χ1) is 10.1. The van der Waals surface area contributed by atoms with Gasteiger partial charge in [-0.15, -0.1) is 11.3 Å². The first-order valence-corrected chi connectivity index (χ1v) is 8.26. The van der Waals surface area contributed by atoms with E-state index in [1.54, 1.807) is 11.3 Å². The zero-order valence-corrected chi connectivity index (χ0v) is 13.3. The van der Waals surface area contributed by atoms with E-state index in [1.165, 1.54) is 24.6 Å². The Morgan fingerprint density at radius 3 is 2.76 bits per heavy atom. The number of anilines is 2. The molecule has 2 N–H and O–H groups in total. The number of amides is 1. The van der Waals surface area contributed by atoms with Gasteiger partial charge in [-0.2, -0.15) is 0 Å². The van der Waals surface area contributed by atoms with E-state index < -0.39 is 0 Å². The largest absolute Gasteiger partial charge is 0.377 e. The molecule has 1 aromatic heterocycles. The third-order valence-corrected chi connectivity index (χ3v) is 4.81. The molecule has 1 unspecified atom stereocenters. The second-order valence-electron chi connectivity index (χ2n) is 5.35. The lowest BCUT2D eigenvalue weighted by Gasteiger charge is -2.19. The molecule has 0 aliphatic heterocycles. The van der Waals surface area contributed by atoms with Crippen molar-refractivity contribution in [3.05, 3.63) is 45.6 Å². The normalized spacial score (nSPS) is 15.5. The van der Waals surface area contributed by atoms with Gasteiger partial charge in [-0.1, -0.05) is 17.7 Å². The molecule has 1 aromatic carbocycles. The van der Waals surface area contributed by atoms with E-state index in [-0.39, 0.29) is 5.91 Å². The Morgan fingerprint density at radius 2 is 2.19 bits per heavy atom. The van der Waals surface area contributed by atoms with Gasteiger partial charge < -0.3 is 10.6 Å². The van der Waals surface area contributed by atoms with E-state index in [0.717, 1.165) is 5.69 Å². The third kappa shape index (κ3) is 3.57. The zero-order chi connectivity index (χ0) is 14.8. The summed E-state index contributed by atoms with van der Waals surface area (Å²) in [5.41, 5.74) is 1.63. The summed E-state index contributed by atoms with van der Waals surface area (Å²) in [6.07, 6.45) is 2.54. The Kier molecular flexibility index (Phi) is 4.17. The summed E-state index contributed by atoms with van der Waals surface area (Å²) in [7, 11) is 0. The lowest BCUT2D eigenvalue weighted by molar-refractivity contribution is -0.114. The monoisotopic (exact) mass is 320 g/mol. The van der Waals surface area contributed by atoms with Gasteiger partial charge in [0.15, 0.2) is 0 Å². The number of nitrogens with one attached hydrogen (secondary N) is 2. The van der Waals surface area contributed by atoms with Gasteiger partial charge >= 0.3 is 0 Å². The van der Waals surface area contributed by atoms with Crippen molar-refractivity contribution in [2.24, 2.45) is 5.92 Å². The maximum absolute atomic E-state index is 11.1. The van der Waals surface area contributed by atoms with Gasteiger partial charge in [0.25, 0.3) is 0 Å². The number of carbonyl (C=O) groups is 1. The molecule has 1 atom stereocenters. The van der Waals surface area contributed by atoms with E-state index in [9.17, 15) is 4.79 Å². The van der Waals surface area contributed by atoms with Gasteiger partial charge in [0.05, 0.1) is 16.8 Å². The Labute approximate surface area is 133 Å². The highest BCUT2D eigenvalue weighted by molar-refractivity contribution is 7.10. The smallest absolute Gasteiger partial charge is 0.221 e. The van der Waals surface area contributed by atoms with E-state index in [0.29, 0.717) is 22.7 Å². The number of rotatable bonds is 5. The summed E-state index contributed by atoms with van der Waals surface area (Å²) < 4.78 is 0. The maximum atomic E-state index is 11.1. The number of benzene rings is 1. The second-order valence-corrected chi connectivity index (χ2v) is 6.74. The van der Waals surface area contributed by atoms with Crippen molar-refractivity contribution in [3.8, 4) is 0 Å². The predicted octanol–water partition coefficient (Wildman–Crippen LogP) is 4.92. The van der Waals surface area contributed by atoms with Crippen molar-refractivity contribution in [2.45, 2.75) is 25.8 Å². The average Bonchev–Trinajstić information content (AvgIpc) is 3.13. The maximum Gasteiger partial charge on any atom is 0.221 e. The van der Waals surface area contributed by atoms with Crippen LogP contribution in [-0.4, -0.2) is 5.91 Å². The van der Waals surface area contributed by atoms with Crippen molar-refractivity contribution < 1.29 is 4.79 Å². The van der Waals surface area contributed by atoms with Crippen molar-refractivity contribution in [3.63, 3.8) is 0 Å². The molecule has 110 valence electrons. The summed E-state index contributed by atoms with van der Waals surface area (Å²) in [5.74, 6) is 0.587. The zero-order valence-electron chi connectivity index (χ0n) is 11.7. The molecule has 3 nitrogen and oxygen atoms in total. The van der Waals surface area contributed by atoms with Gasteiger partial charge in [0, 0.05) is 17.5 Å². The Balaban J connectivity index is 1.77. The van der Waals surface area contributed by atoms with Crippen LogP contribution in [0.5, 0.6) is 0 Å². The fraction of sp³-hybridized carbons (Fsp3) is 0.312. The molecule has 0 spiro atoms. The summed E-state index contributed by atoms with van der Waals surface area (Å²) in [6.45, 7) is 1.47. The van der Waals surface area contributed by atoms with E-state index in [1.807, 2.05) is 18.2 Å². The van der Waals surface area contributed by atoms with Gasteiger partial charge in [-0.25, -0.2) is 0 Å². The Hall–Kier alpha value is -1.52. The lowest BCUT2D eigenvalue weighted by atomic mass is 10.1. The van der Waals surface area contributed by atoms with E-state index >= 15 is 0 Å². The van der Waals surface area contributed by atoms with Crippen molar-refractivity contribution >= 4 is 40.2 Å².